The lowest BCUT2D eigenvalue weighted by molar-refractivity contribution is 0.0998. The standard InChI is InChI=1S/C15H12BrFN2O2/c1-8-6-9(14(18)20)3-5-13(8)19-15(21)10-2-4-11(16)12(17)7-10/h2-7H,1H3,(H2,18,20)(H,19,21). The lowest BCUT2D eigenvalue weighted by Crippen LogP contribution is -2.15. The highest BCUT2D eigenvalue weighted by Crippen LogP contribution is 2.20. The van der Waals surface area contributed by atoms with E-state index in [0.717, 1.165) is 6.07 Å². The van der Waals surface area contributed by atoms with Crippen LogP contribution in [0.15, 0.2) is 40.9 Å². The minimum atomic E-state index is -0.536. The predicted octanol–water partition coefficient (Wildman–Crippen LogP) is 3.25. The second-order valence-electron chi connectivity index (χ2n) is 4.48. The van der Waals surface area contributed by atoms with Gasteiger partial charge in [0.1, 0.15) is 5.82 Å². The van der Waals surface area contributed by atoms with Gasteiger partial charge in [-0.15, -0.1) is 0 Å². The third-order valence-corrected chi connectivity index (χ3v) is 3.58. The highest BCUT2D eigenvalue weighted by atomic mass is 79.9. The van der Waals surface area contributed by atoms with E-state index < -0.39 is 17.6 Å². The van der Waals surface area contributed by atoms with E-state index in [1.807, 2.05) is 0 Å². The maximum absolute atomic E-state index is 13.4. The molecule has 0 saturated carbocycles. The van der Waals surface area contributed by atoms with Crippen LogP contribution >= 0.6 is 15.9 Å². The molecule has 0 saturated heterocycles. The van der Waals surface area contributed by atoms with Crippen molar-refractivity contribution < 1.29 is 14.0 Å². The van der Waals surface area contributed by atoms with Gasteiger partial charge in [-0.1, -0.05) is 0 Å². The van der Waals surface area contributed by atoms with E-state index >= 15 is 0 Å². The number of primary amides is 1. The van der Waals surface area contributed by atoms with Crippen LogP contribution in [0.2, 0.25) is 0 Å². The molecule has 0 aromatic heterocycles. The van der Waals surface area contributed by atoms with E-state index in [0.29, 0.717) is 21.3 Å². The first-order chi connectivity index (χ1) is 9.88. The normalized spacial score (nSPS) is 10.2. The monoisotopic (exact) mass is 350 g/mol. The maximum atomic E-state index is 13.4. The van der Waals surface area contributed by atoms with Crippen LogP contribution in [0.4, 0.5) is 10.1 Å². The molecule has 0 aliphatic rings. The highest BCUT2D eigenvalue weighted by molar-refractivity contribution is 9.10. The van der Waals surface area contributed by atoms with E-state index in [1.165, 1.54) is 18.2 Å². The third kappa shape index (κ3) is 3.46. The molecule has 0 unspecified atom stereocenters. The summed E-state index contributed by atoms with van der Waals surface area (Å²) < 4.78 is 13.7. The molecule has 0 aliphatic carbocycles. The van der Waals surface area contributed by atoms with Crippen LogP contribution < -0.4 is 11.1 Å². The van der Waals surface area contributed by atoms with Crippen LogP contribution in [0.5, 0.6) is 0 Å². The van der Waals surface area contributed by atoms with E-state index in [9.17, 15) is 14.0 Å². The van der Waals surface area contributed by atoms with Crippen molar-refractivity contribution in [2.75, 3.05) is 5.32 Å². The number of hydrogen-bond acceptors (Lipinski definition) is 2. The number of carbonyl (C=O) groups excluding carboxylic acids is 2. The Morgan fingerprint density at radius 3 is 2.38 bits per heavy atom. The van der Waals surface area contributed by atoms with E-state index in [4.69, 9.17) is 5.73 Å². The highest BCUT2D eigenvalue weighted by Gasteiger charge is 2.11. The first-order valence-corrected chi connectivity index (χ1v) is 6.84. The van der Waals surface area contributed by atoms with E-state index in [1.54, 1.807) is 19.1 Å². The van der Waals surface area contributed by atoms with Gasteiger partial charge in [-0.2, -0.15) is 0 Å². The lowest BCUT2D eigenvalue weighted by atomic mass is 10.1. The van der Waals surface area contributed by atoms with Gasteiger partial charge < -0.3 is 11.1 Å². The van der Waals surface area contributed by atoms with Crippen LogP contribution in [0.25, 0.3) is 0 Å². The Labute approximate surface area is 129 Å². The Bertz CT molecular complexity index is 732. The number of nitrogens with two attached hydrogens (primary N) is 1. The molecule has 3 N–H and O–H groups in total. The zero-order valence-electron chi connectivity index (χ0n) is 11.1. The summed E-state index contributed by atoms with van der Waals surface area (Å²) in [5, 5.41) is 2.67. The summed E-state index contributed by atoms with van der Waals surface area (Å²) in [4.78, 5) is 23.1. The molecule has 0 spiro atoms. The largest absolute Gasteiger partial charge is 0.366 e. The van der Waals surface area contributed by atoms with Gasteiger partial charge >= 0.3 is 0 Å². The molecular weight excluding hydrogens is 339 g/mol. The number of rotatable bonds is 3. The summed E-state index contributed by atoms with van der Waals surface area (Å²) in [7, 11) is 0. The molecule has 108 valence electrons. The Kier molecular flexibility index (Phi) is 4.37. The lowest BCUT2D eigenvalue weighted by Gasteiger charge is -2.09. The first-order valence-electron chi connectivity index (χ1n) is 6.05. The number of benzene rings is 2. The fraction of sp³-hybridized carbons (Fsp3) is 0.0667. The van der Waals surface area contributed by atoms with Crippen LogP contribution in [0.1, 0.15) is 26.3 Å². The molecule has 6 heteroatoms. The molecule has 2 rings (SSSR count). The molecule has 2 aromatic carbocycles. The van der Waals surface area contributed by atoms with Gasteiger partial charge in [-0.3, -0.25) is 9.59 Å². The minimum Gasteiger partial charge on any atom is -0.366 e. The van der Waals surface area contributed by atoms with Crippen molar-refractivity contribution >= 4 is 33.4 Å². The quantitative estimate of drug-likeness (QED) is 0.891. The van der Waals surface area contributed by atoms with Crippen molar-refractivity contribution in [3.63, 3.8) is 0 Å². The Morgan fingerprint density at radius 1 is 1.14 bits per heavy atom. The summed E-state index contributed by atoms with van der Waals surface area (Å²) in [6, 6.07) is 8.81. The zero-order chi connectivity index (χ0) is 15.6. The van der Waals surface area contributed by atoms with Crippen LogP contribution in [0.3, 0.4) is 0 Å². The number of anilines is 1. The number of amides is 2. The Morgan fingerprint density at radius 2 is 1.81 bits per heavy atom. The number of halogens is 2. The second kappa shape index (κ2) is 6.05. The molecule has 0 radical (unpaired) electrons. The Balaban J connectivity index is 2.23. The minimum absolute atomic E-state index is 0.203. The van der Waals surface area contributed by atoms with Crippen molar-refractivity contribution in [2.45, 2.75) is 6.92 Å². The predicted molar refractivity (Wildman–Crippen MR) is 81.8 cm³/mol. The first kappa shape index (κ1) is 15.2. The summed E-state index contributed by atoms with van der Waals surface area (Å²) >= 11 is 3.03. The van der Waals surface area contributed by atoms with Crippen LogP contribution in [-0.4, -0.2) is 11.8 Å². The SMILES string of the molecule is Cc1cc(C(N)=O)ccc1NC(=O)c1ccc(Br)c(F)c1. The summed E-state index contributed by atoms with van der Waals surface area (Å²) in [5.74, 6) is -1.48. The molecule has 4 nitrogen and oxygen atoms in total. The fourth-order valence-corrected chi connectivity index (χ4v) is 2.04. The summed E-state index contributed by atoms with van der Waals surface area (Å²) in [6.45, 7) is 1.74. The van der Waals surface area contributed by atoms with E-state index in [-0.39, 0.29) is 5.56 Å². The number of carbonyl (C=O) groups is 2. The summed E-state index contributed by atoms with van der Waals surface area (Å²) in [5.41, 5.74) is 6.97. The van der Waals surface area contributed by atoms with Gasteiger partial charge in [0, 0.05) is 16.8 Å². The fourth-order valence-electron chi connectivity index (χ4n) is 1.79. The molecule has 0 fully saturated rings. The number of aryl methyl sites for hydroxylation is 1. The maximum Gasteiger partial charge on any atom is 0.255 e. The molecule has 21 heavy (non-hydrogen) atoms. The molecule has 0 atom stereocenters. The smallest absolute Gasteiger partial charge is 0.255 e. The van der Waals surface area contributed by atoms with Crippen LogP contribution in [-0.2, 0) is 0 Å². The van der Waals surface area contributed by atoms with Gasteiger partial charge in [0.25, 0.3) is 5.91 Å². The number of hydrogen-bond donors (Lipinski definition) is 2. The van der Waals surface area contributed by atoms with E-state index in [2.05, 4.69) is 21.2 Å². The molecule has 0 aliphatic heterocycles. The molecule has 2 aromatic rings. The van der Waals surface area contributed by atoms with Crippen molar-refractivity contribution in [1.82, 2.24) is 0 Å². The van der Waals surface area contributed by atoms with Gasteiger partial charge in [-0.25, -0.2) is 4.39 Å². The second-order valence-corrected chi connectivity index (χ2v) is 5.33. The Hall–Kier alpha value is -2.21. The average molecular weight is 351 g/mol. The van der Waals surface area contributed by atoms with Gasteiger partial charge in [0.05, 0.1) is 4.47 Å². The zero-order valence-corrected chi connectivity index (χ0v) is 12.7. The average Bonchev–Trinajstić information content (AvgIpc) is 2.43. The molecule has 0 heterocycles. The van der Waals surface area contributed by atoms with Gasteiger partial charge in [0.15, 0.2) is 0 Å². The van der Waals surface area contributed by atoms with Gasteiger partial charge in [0.2, 0.25) is 5.91 Å². The molecule has 0 bridgehead atoms. The van der Waals surface area contributed by atoms with Crippen molar-refractivity contribution in [2.24, 2.45) is 5.73 Å². The van der Waals surface area contributed by atoms with Crippen molar-refractivity contribution in [1.29, 1.82) is 0 Å². The van der Waals surface area contributed by atoms with Crippen LogP contribution in [0, 0.1) is 12.7 Å². The van der Waals surface area contributed by atoms with Crippen molar-refractivity contribution in [3.8, 4) is 0 Å². The topological polar surface area (TPSA) is 72.2 Å². The van der Waals surface area contributed by atoms with Crippen molar-refractivity contribution in [3.05, 3.63) is 63.4 Å². The third-order valence-electron chi connectivity index (χ3n) is 2.94. The molecular formula is C15H12BrFN2O2. The van der Waals surface area contributed by atoms with Gasteiger partial charge in [-0.05, 0) is 64.8 Å². The molecule has 2 amide bonds. The number of nitrogens with one attached hydrogen (secondary N) is 1. The summed E-state index contributed by atoms with van der Waals surface area (Å²) in [6.07, 6.45) is 0.